The van der Waals surface area contributed by atoms with Crippen LogP contribution in [-0.2, 0) is 0 Å². The minimum Gasteiger partial charge on any atom is -0.494 e. The van der Waals surface area contributed by atoms with E-state index in [0.29, 0.717) is 18.6 Å². The summed E-state index contributed by atoms with van der Waals surface area (Å²) in [4.78, 5) is 11.9. The van der Waals surface area contributed by atoms with Gasteiger partial charge in [0, 0.05) is 18.0 Å². The van der Waals surface area contributed by atoms with E-state index >= 15 is 0 Å². The largest absolute Gasteiger partial charge is 0.494 e. The monoisotopic (exact) mass is 245 g/mol. The van der Waals surface area contributed by atoms with Crippen molar-refractivity contribution in [3.05, 3.63) is 29.8 Å². The summed E-state index contributed by atoms with van der Waals surface area (Å²) in [5.41, 5.74) is 0.619. The van der Waals surface area contributed by atoms with Crippen LogP contribution in [0, 0.1) is 12.3 Å². The highest BCUT2D eigenvalue weighted by Gasteiger charge is 2.11. The number of ether oxygens (including phenoxy) is 1. The van der Waals surface area contributed by atoms with Crippen molar-refractivity contribution in [3.8, 4) is 18.1 Å². The first-order valence-corrected chi connectivity index (χ1v) is 6.18. The van der Waals surface area contributed by atoms with Gasteiger partial charge in [-0.2, -0.15) is 0 Å². The Balaban J connectivity index is 2.63. The van der Waals surface area contributed by atoms with Crippen molar-refractivity contribution in [2.24, 2.45) is 0 Å². The molecule has 1 aromatic rings. The smallest absolute Gasteiger partial charge is 0.251 e. The zero-order valence-electron chi connectivity index (χ0n) is 10.9. The van der Waals surface area contributed by atoms with E-state index in [1.54, 1.807) is 24.3 Å². The molecule has 3 heteroatoms. The van der Waals surface area contributed by atoms with Crippen molar-refractivity contribution in [2.45, 2.75) is 32.7 Å². The zero-order valence-corrected chi connectivity index (χ0v) is 10.9. The molecule has 0 radical (unpaired) electrons. The van der Waals surface area contributed by atoms with Crippen LogP contribution in [-0.4, -0.2) is 18.6 Å². The van der Waals surface area contributed by atoms with Gasteiger partial charge in [-0.15, -0.1) is 12.3 Å². The number of hydrogen-bond donors (Lipinski definition) is 1. The number of benzene rings is 1. The molecule has 18 heavy (non-hydrogen) atoms. The zero-order chi connectivity index (χ0) is 13.4. The number of nitrogens with one attached hydrogen (secondary N) is 1. The lowest BCUT2D eigenvalue weighted by Gasteiger charge is -2.14. The third-order valence-corrected chi connectivity index (χ3v) is 2.62. The van der Waals surface area contributed by atoms with Crippen molar-refractivity contribution in [3.63, 3.8) is 0 Å². The fraction of sp³-hybridized carbons (Fsp3) is 0.400. The highest BCUT2D eigenvalue weighted by Crippen LogP contribution is 2.12. The first kappa shape index (κ1) is 14.1. The van der Waals surface area contributed by atoms with Gasteiger partial charge in [0.05, 0.1) is 6.61 Å². The summed E-state index contributed by atoms with van der Waals surface area (Å²) in [5.74, 6) is 3.24. The molecule has 1 unspecified atom stereocenters. The van der Waals surface area contributed by atoms with E-state index in [4.69, 9.17) is 11.2 Å². The van der Waals surface area contributed by atoms with Gasteiger partial charge in [-0.25, -0.2) is 0 Å². The Morgan fingerprint density at radius 1 is 1.39 bits per heavy atom. The molecule has 3 nitrogen and oxygen atoms in total. The number of amides is 1. The molecule has 1 aromatic carbocycles. The van der Waals surface area contributed by atoms with Gasteiger partial charge in [0.15, 0.2) is 0 Å². The predicted molar refractivity (Wildman–Crippen MR) is 72.6 cm³/mol. The van der Waals surface area contributed by atoms with Crippen LogP contribution in [0.5, 0.6) is 5.75 Å². The molecular weight excluding hydrogens is 226 g/mol. The van der Waals surface area contributed by atoms with E-state index in [-0.39, 0.29) is 11.9 Å². The first-order valence-electron chi connectivity index (χ1n) is 6.18. The summed E-state index contributed by atoms with van der Waals surface area (Å²) >= 11 is 0. The van der Waals surface area contributed by atoms with Crippen molar-refractivity contribution < 1.29 is 9.53 Å². The van der Waals surface area contributed by atoms with Crippen LogP contribution in [0.3, 0.4) is 0 Å². The van der Waals surface area contributed by atoms with Gasteiger partial charge in [0.2, 0.25) is 0 Å². The number of hydrogen-bond acceptors (Lipinski definition) is 2. The highest BCUT2D eigenvalue weighted by atomic mass is 16.5. The van der Waals surface area contributed by atoms with Crippen LogP contribution >= 0.6 is 0 Å². The molecule has 0 aliphatic heterocycles. The first-order chi connectivity index (χ1) is 8.71. The lowest BCUT2D eigenvalue weighted by molar-refractivity contribution is 0.0936. The van der Waals surface area contributed by atoms with E-state index in [2.05, 4.69) is 11.2 Å². The minimum absolute atomic E-state index is 0.0362. The van der Waals surface area contributed by atoms with Gasteiger partial charge in [0.1, 0.15) is 5.75 Å². The van der Waals surface area contributed by atoms with Crippen molar-refractivity contribution in [1.29, 1.82) is 0 Å². The predicted octanol–water partition coefficient (Wildman–Crippen LogP) is 2.62. The van der Waals surface area contributed by atoms with Crippen molar-refractivity contribution in [1.82, 2.24) is 5.32 Å². The van der Waals surface area contributed by atoms with Gasteiger partial charge in [-0.1, -0.05) is 6.92 Å². The third kappa shape index (κ3) is 4.14. The summed E-state index contributed by atoms with van der Waals surface area (Å²) in [6, 6.07) is 7.13. The van der Waals surface area contributed by atoms with Crippen LogP contribution < -0.4 is 10.1 Å². The highest BCUT2D eigenvalue weighted by molar-refractivity contribution is 5.94. The molecule has 0 aliphatic carbocycles. The topological polar surface area (TPSA) is 38.3 Å². The fourth-order valence-corrected chi connectivity index (χ4v) is 1.58. The lowest BCUT2D eigenvalue weighted by atomic mass is 10.1. The van der Waals surface area contributed by atoms with Crippen molar-refractivity contribution >= 4 is 5.91 Å². The van der Waals surface area contributed by atoms with E-state index in [9.17, 15) is 4.79 Å². The van der Waals surface area contributed by atoms with E-state index in [1.807, 2.05) is 13.8 Å². The maximum Gasteiger partial charge on any atom is 0.251 e. The van der Waals surface area contributed by atoms with E-state index in [0.717, 1.165) is 12.2 Å². The third-order valence-electron chi connectivity index (χ3n) is 2.62. The van der Waals surface area contributed by atoms with Crippen molar-refractivity contribution in [2.75, 3.05) is 6.61 Å². The SMILES string of the molecule is C#CCC(CC)NC(=O)c1ccc(OCC)cc1. The molecule has 0 heterocycles. The molecule has 0 fully saturated rings. The Morgan fingerprint density at radius 3 is 2.56 bits per heavy atom. The average Bonchev–Trinajstić information content (AvgIpc) is 2.39. The number of rotatable bonds is 6. The molecule has 0 saturated heterocycles. The van der Waals surface area contributed by atoms with Crippen LogP contribution in [0.15, 0.2) is 24.3 Å². The number of carbonyl (C=O) groups excluding carboxylic acids is 1. The molecule has 0 spiro atoms. The van der Waals surface area contributed by atoms with Gasteiger partial charge < -0.3 is 10.1 Å². The molecule has 0 aliphatic rings. The number of carbonyl (C=O) groups is 1. The summed E-state index contributed by atoms with van der Waals surface area (Å²) in [6.07, 6.45) is 6.64. The average molecular weight is 245 g/mol. The summed E-state index contributed by atoms with van der Waals surface area (Å²) in [7, 11) is 0. The maximum atomic E-state index is 11.9. The Bertz CT molecular complexity index is 417. The molecule has 1 rings (SSSR count). The van der Waals surface area contributed by atoms with Crippen LogP contribution in [0.4, 0.5) is 0 Å². The Hall–Kier alpha value is -1.95. The summed E-state index contributed by atoms with van der Waals surface area (Å²) in [5, 5.41) is 2.91. The van der Waals surface area contributed by atoms with E-state index < -0.39 is 0 Å². The normalized spacial score (nSPS) is 11.4. The van der Waals surface area contributed by atoms with Gasteiger partial charge in [-0.3, -0.25) is 4.79 Å². The molecule has 1 amide bonds. The summed E-state index contributed by atoms with van der Waals surface area (Å²) < 4.78 is 5.32. The van der Waals surface area contributed by atoms with Crippen LogP contribution in [0.1, 0.15) is 37.0 Å². The maximum absolute atomic E-state index is 11.9. The van der Waals surface area contributed by atoms with Gasteiger partial charge in [0.25, 0.3) is 5.91 Å². The molecule has 0 bridgehead atoms. The van der Waals surface area contributed by atoms with Gasteiger partial charge >= 0.3 is 0 Å². The molecule has 0 aromatic heterocycles. The standard InChI is InChI=1S/C15H19NO2/c1-4-7-13(5-2)16-15(17)12-8-10-14(11-9-12)18-6-3/h1,8-11,13H,5-7H2,2-3H3,(H,16,17). The molecule has 0 saturated carbocycles. The lowest BCUT2D eigenvalue weighted by Crippen LogP contribution is -2.34. The second-order valence-corrected chi connectivity index (χ2v) is 3.94. The Kier molecular flexibility index (Phi) is 5.79. The Morgan fingerprint density at radius 2 is 2.06 bits per heavy atom. The van der Waals surface area contributed by atoms with Crippen LogP contribution in [0.25, 0.3) is 0 Å². The quantitative estimate of drug-likeness (QED) is 0.782. The minimum atomic E-state index is -0.0971. The fourth-order valence-electron chi connectivity index (χ4n) is 1.58. The Labute approximate surface area is 109 Å². The molecule has 1 N–H and O–H groups in total. The van der Waals surface area contributed by atoms with E-state index in [1.165, 1.54) is 0 Å². The second-order valence-electron chi connectivity index (χ2n) is 3.94. The molecule has 1 atom stereocenters. The summed E-state index contributed by atoms with van der Waals surface area (Å²) in [6.45, 7) is 4.54. The number of terminal acetylenes is 1. The molecule has 96 valence electrons. The van der Waals surface area contributed by atoms with Crippen LogP contribution in [0.2, 0.25) is 0 Å². The van der Waals surface area contributed by atoms with Gasteiger partial charge in [-0.05, 0) is 37.6 Å². The second kappa shape index (κ2) is 7.39. The molecular formula is C15H19NO2.